The normalized spacial score (nSPS) is 36.6. The lowest BCUT2D eigenvalue weighted by molar-refractivity contribution is -0.302. The maximum absolute atomic E-state index is 14.5. The molecule has 0 spiro atoms. The number of aliphatic hydroxyl groups is 1. The van der Waals surface area contributed by atoms with Gasteiger partial charge in [0.2, 0.25) is 5.79 Å². The molecule has 13 nitrogen and oxygen atoms in total. The first-order valence-electron chi connectivity index (χ1n) is 24.0. The predicted octanol–water partition coefficient (Wildman–Crippen LogP) is 7.06. The summed E-state index contributed by atoms with van der Waals surface area (Å²) in [6.45, 7) is 13.3. The maximum atomic E-state index is 14.5. The van der Waals surface area contributed by atoms with Crippen molar-refractivity contribution in [1.82, 2.24) is 4.90 Å². The van der Waals surface area contributed by atoms with E-state index in [0.717, 1.165) is 29.6 Å². The van der Waals surface area contributed by atoms with Crippen molar-refractivity contribution in [2.45, 2.75) is 174 Å². The van der Waals surface area contributed by atoms with Crippen molar-refractivity contribution in [3.8, 4) is 0 Å². The summed E-state index contributed by atoms with van der Waals surface area (Å²) >= 11 is 0. The Morgan fingerprint density at radius 3 is 2.36 bits per heavy atom. The third kappa shape index (κ3) is 13.4. The van der Waals surface area contributed by atoms with Gasteiger partial charge < -0.3 is 44.2 Å². The highest BCUT2D eigenvalue weighted by Gasteiger charge is 2.56. The average molecular weight is 895 g/mol. The third-order valence-electron chi connectivity index (χ3n) is 14.2. The van der Waals surface area contributed by atoms with E-state index in [2.05, 4.69) is 19.1 Å². The number of benzene rings is 1. The van der Waals surface area contributed by atoms with Gasteiger partial charge >= 0.3 is 5.97 Å². The second-order valence-electron chi connectivity index (χ2n) is 19.3. The highest BCUT2D eigenvalue weighted by Crippen LogP contribution is 2.39. The van der Waals surface area contributed by atoms with Gasteiger partial charge in [0.15, 0.2) is 0 Å². The number of nitrogens with two attached hydrogens (primary N) is 1. The number of hydrogen-bond donors (Lipinski definition) is 2. The fourth-order valence-corrected chi connectivity index (χ4v) is 10.4. The second kappa shape index (κ2) is 24.5. The van der Waals surface area contributed by atoms with Crippen LogP contribution in [0, 0.1) is 29.6 Å². The second-order valence-corrected chi connectivity index (χ2v) is 19.3. The lowest BCUT2D eigenvalue weighted by atomic mass is 9.81. The molecule has 3 heterocycles. The molecule has 0 radical (unpaired) electrons. The van der Waals surface area contributed by atoms with Crippen LogP contribution in [0.5, 0.6) is 0 Å². The largest absolute Gasteiger partial charge is 0.456 e. The molecule has 1 aromatic carbocycles. The van der Waals surface area contributed by atoms with E-state index in [0.29, 0.717) is 77.6 Å². The van der Waals surface area contributed by atoms with Crippen LogP contribution in [0.4, 0.5) is 0 Å². The van der Waals surface area contributed by atoms with Crippen molar-refractivity contribution in [3.63, 3.8) is 0 Å². The van der Waals surface area contributed by atoms with E-state index in [1.807, 2.05) is 58.0 Å². The molecule has 2 bridgehead atoms. The van der Waals surface area contributed by atoms with Crippen LogP contribution in [0.3, 0.4) is 0 Å². The van der Waals surface area contributed by atoms with Gasteiger partial charge in [-0.05, 0) is 113 Å². The van der Waals surface area contributed by atoms with Crippen LogP contribution in [-0.4, -0.2) is 116 Å². The minimum atomic E-state index is -2.47. The number of cyclic esters (lactones) is 1. The summed E-state index contributed by atoms with van der Waals surface area (Å²) in [6.07, 6.45) is 8.14. The number of methoxy groups -OCH3 is 2. The zero-order valence-corrected chi connectivity index (χ0v) is 39.8. The summed E-state index contributed by atoms with van der Waals surface area (Å²) in [6, 6.07) is 8.84. The molecule has 1 aliphatic carbocycles. The smallest absolute Gasteiger partial charge is 0.329 e. The highest BCUT2D eigenvalue weighted by molar-refractivity contribution is 6.39. The van der Waals surface area contributed by atoms with Gasteiger partial charge in [0.25, 0.3) is 11.7 Å². The van der Waals surface area contributed by atoms with Gasteiger partial charge in [0, 0.05) is 45.1 Å². The summed E-state index contributed by atoms with van der Waals surface area (Å²) in [7, 11) is 3.11. The van der Waals surface area contributed by atoms with E-state index < -0.39 is 59.8 Å². The Morgan fingerprint density at radius 1 is 0.938 bits per heavy atom. The Kier molecular flexibility index (Phi) is 19.8. The summed E-state index contributed by atoms with van der Waals surface area (Å²) in [5, 5.41) is 12.1. The molecule has 5 rings (SSSR count). The zero-order valence-electron chi connectivity index (χ0n) is 39.8. The van der Waals surface area contributed by atoms with E-state index in [4.69, 9.17) is 34.2 Å². The quantitative estimate of drug-likeness (QED) is 0.100. The van der Waals surface area contributed by atoms with Crippen LogP contribution in [0.15, 0.2) is 53.6 Å². The molecule has 358 valence electrons. The first-order chi connectivity index (χ1) is 30.6. The molecule has 13 heteroatoms. The van der Waals surface area contributed by atoms with Crippen LogP contribution >= 0.6 is 0 Å². The Morgan fingerprint density at radius 2 is 1.66 bits per heavy atom. The number of ether oxygens (including phenoxy) is 6. The monoisotopic (exact) mass is 895 g/mol. The number of nitrogens with zero attached hydrogens (tertiary/aromatic N) is 1. The SMILES string of the molecule is CCC1/C=C(\C)CC(C)CC(OC)C2OC(O)(C(=O)C(=O)N3CCCCC3C(=O)OC(C(C)=CC3CCC(N)C(OCCOCc4ccccc4)C3)C(C)CCC1=O)C(C)CC2OC. The van der Waals surface area contributed by atoms with Gasteiger partial charge in [-0.15, -0.1) is 0 Å². The summed E-state index contributed by atoms with van der Waals surface area (Å²) < 4.78 is 36.7. The fraction of sp³-hybridized carbons (Fsp3) is 0.725. The van der Waals surface area contributed by atoms with E-state index in [-0.39, 0.29) is 54.6 Å². The Bertz CT molecular complexity index is 1750. The van der Waals surface area contributed by atoms with E-state index in [1.165, 1.54) is 4.90 Å². The van der Waals surface area contributed by atoms with Crippen molar-refractivity contribution in [3.05, 3.63) is 59.2 Å². The van der Waals surface area contributed by atoms with Gasteiger partial charge in [-0.3, -0.25) is 14.4 Å². The fourth-order valence-electron chi connectivity index (χ4n) is 10.4. The number of ketones is 2. The lowest BCUT2D eigenvalue weighted by Gasteiger charge is -2.47. The number of hydrogen-bond acceptors (Lipinski definition) is 12. The average Bonchev–Trinajstić information content (AvgIpc) is 3.29. The lowest BCUT2D eigenvalue weighted by Crippen LogP contribution is -2.64. The molecular weight excluding hydrogens is 817 g/mol. The van der Waals surface area contributed by atoms with Gasteiger partial charge in [0.1, 0.15) is 24.0 Å². The first kappa shape index (κ1) is 51.7. The molecule has 3 aliphatic heterocycles. The molecule has 3 fully saturated rings. The van der Waals surface area contributed by atoms with Crippen LogP contribution < -0.4 is 5.73 Å². The molecule has 3 N–H and O–H groups in total. The zero-order chi connectivity index (χ0) is 46.6. The Hall–Kier alpha value is -3.30. The van der Waals surface area contributed by atoms with Crippen LogP contribution in [0.25, 0.3) is 0 Å². The van der Waals surface area contributed by atoms with E-state index >= 15 is 0 Å². The van der Waals surface area contributed by atoms with Gasteiger partial charge in [-0.25, -0.2) is 4.79 Å². The number of piperidine rings is 1. The number of esters is 1. The van der Waals surface area contributed by atoms with Crippen molar-refractivity contribution >= 4 is 23.4 Å². The summed E-state index contributed by atoms with van der Waals surface area (Å²) in [5.41, 5.74) is 9.60. The Labute approximate surface area is 382 Å². The molecule has 2 saturated heterocycles. The van der Waals surface area contributed by atoms with Gasteiger partial charge in [-0.2, -0.15) is 0 Å². The molecule has 13 atom stereocenters. The third-order valence-corrected chi connectivity index (χ3v) is 14.2. The number of rotatable bonds is 11. The first-order valence-corrected chi connectivity index (χ1v) is 24.0. The van der Waals surface area contributed by atoms with Crippen molar-refractivity contribution < 1.29 is 52.7 Å². The van der Waals surface area contributed by atoms with Gasteiger partial charge in [0.05, 0.1) is 38.1 Å². The number of carbonyl (C=O) groups excluding carboxylic acids is 4. The molecule has 1 saturated carbocycles. The molecule has 13 unspecified atom stereocenters. The molecule has 4 aliphatic rings. The standard InChI is InChI=1S/C51H78N2O11/c1-9-39-26-32(2)25-33(3)27-44(59-7)47-45(60-8)29-36(6)51(58,64-47)48(55)49(56)53-22-14-13-17-41(53)50(57)63-46(34(4)18-21-42(39)54)35(5)28-38-19-20-40(52)43(30-38)62-24-23-61-31-37-15-11-10-12-16-37/h10-12,15-16,26,28,33-34,36,38-41,43-47,58H,9,13-14,17-25,27,29-31,52H2,1-8H3/b32-26+,35-28?. The Balaban J connectivity index is 1.41. The minimum Gasteiger partial charge on any atom is -0.456 e. The maximum Gasteiger partial charge on any atom is 0.329 e. The molecule has 1 aromatic rings. The number of fused-ring (bicyclic) bond motifs is 3. The van der Waals surface area contributed by atoms with Gasteiger partial charge in [-0.1, -0.05) is 75.8 Å². The molecule has 64 heavy (non-hydrogen) atoms. The number of allylic oxidation sites excluding steroid dienone is 3. The van der Waals surface area contributed by atoms with Crippen molar-refractivity contribution in [1.29, 1.82) is 0 Å². The van der Waals surface area contributed by atoms with Crippen LogP contribution in [-0.2, 0) is 54.2 Å². The van der Waals surface area contributed by atoms with Crippen LogP contribution in [0.1, 0.15) is 124 Å². The number of carbonyl (C=O) groups is 4. The topological polar surface area (TPSA) is 173 Å². The van der Waals surface area contributed by atoms with Crippen LogP contribution in [0.2, 0.25) is 0 Å². The van der Waals surface area contributed by atoms with E-state index in [1.54, 1.807) is 21.1 Å². The van der Waals surface area contributed by atoms with Crippen molar-refractivity contribution in [2.24, 2.45) is 35.3 Å². The van der Waals surface area contributed by atoms with Crippen molar-refractivity contribution in [2.75, 3.05) is 34.0 Å². The number of Topliss-reactive ketones (excluding diaryl/α,β-unsaturated/α-hetero) is 2. The molecule has 0 aromatic heterocycles. The predicted molar refractivity (Wildman–Crippen MR) is 244 cm³/mol. The summed E-state index contributed by atoms with van der Waals surface area (Å²) in [4.78, 5) is 58.3. The van der Waals surface area contributed by atoms with E-state index in [9.17, 15) is 24.3 Å². The summed E-state index contributed by atoms with van der Waals surface area (Å²) in [5.74, 6) is -6.17. The molecule has 1 amide bonds. The minimum absolute atomic E-state index is 0.0855. The molecular formula is C51H78N2O11. The number of amides is 1. The highest BCUT2D eigenvalue weighted by atomic mass is 16.7.